The van der Waals surface area contributed by atoms with E-state index in [1.54, 1.807) is 32.9 Å². The van der Waals surface area contributed by atoms with E-state index < -0.39 is 51.9 Å². The summed E-state index contributed by atoms with van der Waals surface area (Å²) < 4.78 is 6.07. The van der Waals surface area contributed by atoms with Crippen LogP contribution in [-0.2, 0) is 14.3 Å². The molecule has 0 aromatic rings. The lowest BCUT2D eigenvalue weighted by Crippen LogP contribution is -2.74. The molecular formula is C30H48O7. The number of ether oxygens (including phenoxy) is 1. The van der Waals surface area contributed by atoms with Crippen molar-refractivity contribution in [2.75, 3.05) is 6.61 Å². The first-order valence-electron chi connectivity index (χ1n) is 14.1. The van der Waals surface area contributed by atoms with Gasteiger partial charge in [-0.25, -0.2) is 0 Å². The minimum Gasteiger partial charge on any atom is -0.456 e. The van der Waals surface area contributed by atoms with Gasteiger partial charge in [0.25, 0.3) is 0 Å². The molecule has 0 bridgehead atoms. The van der Waals surface area contributed by atoms with Crippen molar-refractivity contribution in [1.82, 2.24) is 0 Å². The molecule has 7 nitrogen and oxygen atoms in total. The monoisotopic (exact) mass is 520 g/mol. The molecule has 0 unspecified atom stereocenters. The van der Waals surface area contributed by atoms with Crippen LogP contribution in [0.15, 0.2) is 23.3 Å². The van der Waals surface area contributed by atoms with Crippen molar-refractivity contribution < 1.29 is 34.8 Å². The zero-order valence-electron chi connectivity index (χ0n) is 23.5. The van der Waals surface area contributed by atoms with E-state index in [4.69, 9.17) is 4.74 Å². The molecule has 3 aliphatic carbocycles. The zero-order chi connectivity index (χ0) is 27.8. The number of hydrogen-bond acceptors (Lipinski definition) is 7. The van der Waals surface area contributed by atoms with Gasteiger partial charge in [0.15, 0.2) is 5.78 Å². The van der Waals surface area contributed by atoms with E-state index >= 15 is 0 Å². The number of aliphatic hydroxyl groups excluding tert-OH is 2. The molecule has 0 amide bonds. The van der Waals surface area contributed by atoms with E-state index in [2.05, 4.69) is 6.92 Å². The molecule has 3 rings (SSSR count). The Hall–Kier alpha value is -1.54. The summed E-state index contributed by atoms with van der Waals surface area (Å²) in [6, 6.07) is 0. The highest BCUT2D eigenvalue weighted by molar-refractivity contribution is 6.04. The predicted molar refractivity (Wildman–Crippen MR) is 141 cm³/mol. The van der Waals surface area contributed by atoms with Gasteiger partial charge in [0.1, 0.15) is 11.2 Å². The van der Waals surface area contributed by atoms with Crippen molar-refractivity contribution >= 4 is 11.8 Å². The van der Waals surface area contributed by atoms with Gasteiger partial charge in [-0.05, 0) is 31.4 Å². The van der Waals surface area contributed by atoms with Crippen LogP contribution in [0.4, 0.5) is 0 Å². The first-order valence-corrected chi connectivity index (χ1v) is 14.1. The maximum absolute atomic E-state index is 13.0. The van der Waals surface area contributed by atoms with Crippen molar-refractivity contribution in [1.29, 1.82) is 0 Å². The number of unbranched alkanes of at least 4 members (excludes halogenated alkanes) is 6. The molecule has 0 heterocycles. The highest BCUT2D eigenvalue weighted by Gasteiger charge is 2.72. The van der Waals surface area contributed by atoms with E-state index in [0.29, 0.717) is 11.1 Å². The molecule has 210 valence electrons. The van der Waals surface area contributed by atoms with E-state index in [-0.39, 0.29) is 25.4 Å². The molecule has 0 spiro atoms. The van der Waals surface area contributed by atoms with Crippen LogP contribution in [0, 0.1) is 23.2 Å². The van der Waals surface area contributed by atoms with Crippen LogP contribution in [0.2, 0.25) is 0 Å². The molecule has 0 aliphatic heterocycles. The van der Waals surface area contributed by atoms with Crippen LogP contribution in [-0.4, -0.2) is 61.7 Å². The number of rotatable bonds is 10. The predicted octanol–water partition coefficient (Wildman–Crippen LogP) is 4.01. The van der Waals surface area contributed by atoms with Crippen molar-refractivity contribution in [2.24, 2.45) is 23.2 Å². The van der Waals surface area contributed by atoms with Gasteiger partial charge in [0.2, 0.25) is 0 Å². The molecule has 7 atom stereocenters. The van der Waals surface area contributed by atoms with Gasteiger partial charge >= 0.3 is 5.97 Å². The van der Waals surface area contributed by atoms with Crippen LogP contribution in [0.5, 0.6) is 0 Å². The number of esters is 1. The molecule has 37 heavy (non-hydrogen) atoms. The normalized spacial score (nSPS) is 38.8. The topological polar surface area (TPSA) is 124 Å². The summed E-state index contributed by atoms with van der Waals surface area (Å²) in [5.41, 5.74) is -5.17. The Labute approximate surface area is 222 Å². The lowest BCUT2D eigenvalue weighted by molar-refractivity contribution is -0.286. The maximum Gasteiger partial charge on any atom is 0.306 e. The maximum atomic E-state index is 13.0. The summed E-state index contributed by atoms with van der Waals surface area (Å²) in [5, 5.41) is 45.7. The molecule has 3 aliphatic rings. The summed E-state index contributed by atoms with van der Waals surface area (Å²) >= 11 is 0. The number of fused-ring (bicyclic) bond motifs is 3. The summed E-state index contributed by atoms with van der Waals surface area (Å²) in [5.74, 6) is -3.40. The molecule has 4 N–H and O–H groups in total. The lowest BCUT2D eigenvalue weighted by Gasteiger charge is -2.63. The summed E-state index contributed by atoms with van der Waals surface area (Å²) in [7, 11) is 0. The van der Waals surface area contributed by atoms with Gasteiger partial charge in [-0.15, -0.1) is 0 Å². The Kier molecular flexibility index (Phi) is 8.85. The molecule has 0 radical (unpaired) electrons. The fourth-order valence-electron chi connectivity index (χ4n) is 7.21. The van der Waals surface area contributed by atoms with Crippen LogP contribution in [0.25, 0.3) is 0 Å². The summed E-state index contributed by atoms with van der Waals surface area (Å²) in [6.07, 6.45) is 9.78. The molecule has 1 fully saturated rings. The van der Waals surface area contributed by atoms with Gasteiger partial charge in [0.05, 0.1) is 18.3 Å². The molecule has 0 aromatic heterocycles. The smallest absolute Gasteiger partial charge is 0.306 e. The Morgan fingerprint density at radius 3 is 2.22 bits per heavy atom. The second-order valence-electron chi connectivity index (χ2n) is 12.5. The van der Waals surface area contributed by atoms with Gasteiger partial charge < -0.3 is 25.2 Å². The molecule has 7 heteroatoms. The number of carbonyl (C=O) groups excluding carboxylic acids is 2. The quantitative estimate of drug-likeness (QED) is 0.195. The third-order valence-corrected chi connectivity index (χ3v) is 9.92. The zero-order valence-corrected chi connectivity index (χ0v) is 23.5. The Morgan fingerprint density at radius 2 is 1.62 bits per heavy atom. The molecule has 0 aromatic carbocycles. The van der Waals surface area contributed by atoms with Crippen molar-refractivity contribution in [3.05, 3.63) is 23.3 Å². The molecular weight excluding hydrogens is 472 g/mol. The number of hydrogen-bond donors (Lipinski definition) is 4. The minimum absolute atomic E-state index is 0.104. The number of Topliss-reactive ketones (excluding diaryl/α,β-unsaturated/α-hetero) is 1. The average Bonchev–Trinajstić information content (AvgIpc) is 3.01. The fourth-order valence-corrected chi connectivity index (χ4v) is 7.21. The number of carbonyl (C=O) groups is 2. The van der Waals surface area contributed by atoms with Crippen molar-refractivity contribution in [3.63, 3.8) is 0 Å². The van der Waals surface area contributed by atoms with Crippen LogP contribution in [0.1, 0.15) is 99.3 Å². The van der Waals surface area contributed by atoms with Crippen LogP contribution >= 0.6 is 0 Å². The lowest BCUT2D eigenvalue weighted by atomic mass is 9.47. The van der Waals surface area contributed by atoms with E-state index in [0.717, 1.165) is 25.7 Å². The van der Waals surface area contributed by atoms with E-state index in [9.17, 15) is 30.0 Å². The third kappa shape index (κ3) is 4.86. The largest absolute Gasteiger partial charge is 0.456 e. The number of aliphatic hydroxyl groups is 4. The Balaban J connectivity index is 1.89. The Bertz CT molecular complexity index is 936. The van der Waals surface area contributed by atoms with Crippen LogP contribution in [0.3, 0.4) is 0 Å². The van der Waals surface area contributed by atoms with Crippen LogP contribution < -0.4 is 0 Å². The Morgan fingerprint density at radius 1 is 1.03 bits per heavy atom. The SMILES string of the molecule is CCCCCCCCCC(=O)O[C@]1(C)[C@H](O)[C@@H](C)[C@@]2(O)[C@@H](C=C(CO)C[C@]3(O)C(=O)C(C)=C[C@@H]23)C1(C)C. The minimum atomic E-state index is -1.91. The summed E-state index contributed by atoms with van der Waals surface area (Å²) in [4.78, 5) is 26.0. The molecule has 1 saturated carbocycles. The molecule has 0 saturated heterocycles. The average molecular weight is 521 g/mol. The van der Waals surface area contributed by atoms with Gasteiger partial charge in [-0.3, -0.25) is 9.59 Å². The van der Waals surface area contributed by atoms with E-state index in [1.807, 2.05) is 13.8 Å². The standard InChI is InChI=1S/C30H48O7/c1-7-8-9-10-11-12-13-14-24(32)37-28(6)26(34)20(3)30(36)22(27(28,4)5)16-21(18-31)17-29(35)23(30)15-19(2)25(29)33/h15-16,20,22-23,26,31,34-36H,7-14,17-18H2,1-6H3/t20-,22+,23-,26-,28-,29-,30-/m1/s1. The number of ketones is 1. The van der Waals surface area contributed by atoms with Gasteiger partial charge in [-0.2, -0.15) is 0 Å². The van der Waals surface area contributed by atoms with Crippen molar-refractivity contribution in [3.8, 4) is 0 Å². The second kappa shape index (κ2) is 10.9. The first-order chi connectivity index (χ1) is 17.2. The third-order valence-electron chi connectivity index (χ3n) is 9.92. The highest BCUT2D eigenvalue weighted by Crippen LogP contribution is 2.63. The van der Waals surface area contributed by atoms with Gasteiger partial charge in [-0.1, -0.05) is 78.4 Å². The second-order valence-corrected chi connectivity index (χ2v) is 12.5. The fraction of sp³-hybridized carbons (Fsp3) is 0.800. The first kappa shape index (κ1) is 30.0. The van der Waals surface area contributed by atoms with Gasteiger partial charge in [0, 0.05) is 36.0 Å². The van der Waals surface area contributed by atoms with E-state index in [1.165, 1.54) is 19.3 Å². The summed E-state index contributed by atoms with van der Waals surface area (Å²) in [6.45, 7) is 10.5. The van der Waals surface area contributed by atoms with Crippen molar-refractivity contribution in [2.45, 2.75) is 122 Å². The highest BCUT2D eigenvalue weighted by atomic mass is 16.6.